The van der Waals surface area contributed by atoms with E-state index < -0.39 is 11.9 Å². The molecule has 3 aromatic rings. The highest BCUT2D eigenvalue weighted by Gasteiger charge is 2.46. The molecule has 35 heavy (non-hydrogen) atoms. The van der Waals surface area contributed by atoms with E-state index in [9.17, 15) is 14.7 Å². The molecule has 1 aliphatic rings. The first-order valence-corrected chi connectivity index (χ1v) is 13.2. The van der Waals surface area contributed by atoms with Crippen LogP contribution in [-0.2, 0) is 9.59 Å². The van der Waals surface area contributed by atoms with Gasteiger partial charge in [0.1, 0.15) is 0 Å². The Labute approximate surface area is 218 Å². The number of carbonyl (C=O) groups is 2. The Bertz CT molecular complexity index is 1160. The summed E-state index contributed by atoms with van der Waals surface area (Å²) in [7, 11) is 0. The second-order valence-corrected chi connectivity index (χ2v) is 10.5. The van der Waals surface area contributed by atoms with E-state index >= 15 is 0 Å². The molecule has 0 saturated carbocycles. The van der Waals surface area contributed by atoms with E-state index in [0.717, 1.165) is 16.3 Å². The van der Waals surface area contributed by atoms with E-state index in [-0.39, 0.29) is 30.3 Å². The number of carboxylic acids is 1. The third-order valence-corrected chi connectivity index (χ3v) is 7.74. The third-order valence-electron chi connectivity index (χ3n) is 6.52. The van der Waals surface area contributed by atoms with Crippen molar-refractivity contribution < 1.29 is 14.7 Å². The summed E-state index contributed by atoms with van der Waals surface area (Å²) in [6.45, 7) is 2.54. The van der Waals surface area contributed by atoms with Crippen LogP contribution in [0.15, 0.2) is 60.1 Å². The zero-order valence-electron chi connectivity index (χ0n) is 19.2. The molecule has 4 atom stereocenters. The fourth-order valence-electron chi connectivity index (χ4n) is 4.93. The van der Waals surface area contributed by atoms with Gasteiger partial charge < -0.3 is 15.3 Å². The number of amides is 1. The number of nitrogens with one attached hydrogen (secondary N) is 1. The van der Waals surface area contributed by atoms with Gasteiger partial charge in [-0.15, -0.1) is 11.3 Å². The van der Waals surface area contributed by atoms with E-state index in [1.807, 2.05) is 65.7 Å². The minimum Gasteiger partial charge on any atom is -0.481 e. The predicted octanol–water partition coefficient (Wildman–Crippen LogP) is 6.49. The zero-order chi connectivity index (χ0) is 24.9. The summed E-state index contributed by atoms with van der Waals surface area (Å²) in [4.78, 5) is 31.8. The van der Waals surface area contributed by atoms with E-state index in [4.69, 9.17) is 23.2 Å². The quantitative estimate of drug-likeness (QED) is 0.329. The van der Waals surface area contributed by atoms with Crippen molar-refractivity contribution in [1.82, 2.24) is 9.88 Å². The first kappa shape index (κ1) is 25.5. The molecule has 1 saturated heterocycles. The molecule has 0 spiro atoms. The molecule has 184 valence electrons. The Kier molecular flexibility index (Phi) is 8.31. The second kappa shape index (κ2) is 11.4. The van der Waals surface area contributed by atoms with Gasteiger partial charge in [-0.05, 0) is 48.2 Å². The number of aliphatic carboxylic acids is 1. The van der Waals surface area contributed by atoms with Gasteiger partial charge in [0.25, 0.3) is 0 Å². The third kappa shape index (κ3) is 5.97. The number of rotatable bonds is 9. The normalized spacial score (nSPS) is 21.1. The van der Waals surface area contributed by atoms with E-state index in [2.05, 4.69) is 10.3 Å². The minimum absolute atomic E-state index is 0.133. The van der Waals surface area contributed by atoms with Gasteiger partial charge in [-0.1, -0.05) is 54.4 Å². The number of anilines is 1. The molecule has 1 fully saturated rings. The molecular formula is C26H27Cl2N3O3S. The largest absolute Gasteiger partial charge is 0.481 e. The van der Waals surface area contributed by atoms with Crippen LogP contribution < -0.4 is 5.32 Å². The molecule has 1 aliphatic heterocycles. The average Bonchev–Trinajstić information content (AvgIpc) is 3.35. The SMILES string of the molecule is CC[C@@H](CNc1nccs1)N1C(=O)[C@@H](CC(=O)O)C[C@H](c2cccc(Cl)c2)[C@H]1c1ccc(Cl)cc1. The van der Waals surface area contributed by atoms with Gasteiger partial charge in [0.05, 0.1) is 12.5 Å². The monoisotopic (exact) mass is 531 g/mol. The van der Waals surface area contributed by atoms with Crippen LogP contribution in [0.5, 0.6) is 0 Å². The Hall–Kier alpha value is -2.61. The number of piperidine rings is 1. The number of nitrogens with zero attached hydrogens (tertiary/aromatic N) is 2. The van der Waals surface area contributed by atoms with Crippen molar-refractivity contribution in [2.24, 2.45) is 5.92 Å². The Morgan fingerprint density at radius 2 is 1.97 bits per heavy atom. The molecule has 4 rings (SSSR count). The molecule has 2 aromatic carbocycles. The van der Waals surface area contributed by atoms with E-state index in [1.165, 1.54) is 11.3 Å². The van der Waals surface area contributed by atoms with Crippen LogP contribution in [-0.4, -0.2) is 39.5 Å². The van der Waals surface area contributed by atoms with Crippen molar-refractivity contribution in [2.75, 3.05) is 11.9 Å². The summed E-state index contributed by atoms with van der Waals surface area (Å²) in [6.07, 6.45) is 2.63. The maximum atomic E-state index is 13.9. The van der Waals surface area contributed by atoms with Gasteiger partial charge in [-0.3, -0.25) is 9.59 Å². The van der Waals surface area contributed by atoms with Crippen LogP contribution in [0, 0.1) is 5.92 Å². The zero-order valence-corrected chi connectivity index (χ0v) is 21.6. The fraction of sp³-hybridized carbons (Fsp3) is 0.346. The van der Waals surface area contributed by atoms with Crippen molar-refractivity contribution in [1.29, 1.82) is 0 Å². The van der Waals surface area contributed by atoms with Crippen molar-refractivity contribution in [3.05, 3.63) is 81.3 Å². The molecule has 2 heterocycles. The topological polar surface area (TPSA) is 82.5 Å². The lowest BCUT2D eigenvalue weighted by Crippen LogP contribution is -2.53. The maximum Gasteiger partial charge on any atom is 0.304 e. The van der Waals surface area contributed by atoms with E-state index in [1.54, 1.807) is 6.20 Å². The number of aromatic nitrogens is 1. The van der Waals surface area contributed by atoms with Crippen molar-refractivity contribution >= 4 is 51.5 Å². The van der Waals surface area contributed by atoms with Crippen LogP contribution >= 0.6 is 34.5 Å². The average molecular weight is 532 g/mol. The molecule has 6 nitrogen and oxygen atoms in total. The number of carbonyl (C=O) groups excluding carboxylic acids is 1. The fourth-order valence-corrected chi connectivity index (χ4v) is 5.79. The predicted molar refractivity (Wildman–Crippen MR) is 140 cm³/mol. The highest BCUT2D eigenvalue weighted by Crippen LogP contribution is 2.47. The summed E-state index contributed by atoms with van der Waals surface area (Å²) in [6, 6.07) is 14.7. The lowest BCUT2D eigenvalue weighted by atomic mass is 9.74. The van der Waals surface area contributed by atoms with Crippen LogP contribution in [0.2, 0.25) is 10.0 Å². The molecule has 1 amide bonds. The van der Waals surface area contributed by atoms with Crippen LogP contribution in [0.3, 0.4) is 0 Å². The molecule has 0 aliphatic carbocycles. The number of benzene rings is 2. The molecule has 0 radical (unpaired) electrons. The molecular weight excluding hydrogens is 505 g/mol. The van der Waals surface area contributed by atoms with Gasteiger partial charge in [0.2, 0.25) is 5.91 Å². The van der Waals surface area contributed by atoms with Crippen molar-refractivity contribution in [3.63, 3.8) is 0 Å². The first-order valence-electron chi connectivity index (χ1n) is 11.6. The lowest BCUT2D eigenvalue weighted by molar-refractivity contribution is -0.152. The standard InChI is InChI=1S/C26H27Cl2N3O3S/c1-2-21(15-30-26-29-10-11-35-26)31-24(16-6-8-19(27)9-7-16)22(17-4-3-5-20(28)12-17)13-18(25(31)34)14-23(32)33/h3-12,18,21-22,24H,2,13-15H2,1H3,(H,29,30)(H,32,33)/t18-,21+,22-,24-/m1/s1. The highest BCUT2D eigenvalue weighted by atomic mass is 35.5. The van der Waals surface area contributed by atoms with Gasteiger partial charge in [-0.25, -0.2) is 4.98 Å². The van der Waals surface area contributed by atoms with Crippen LogP contribution in [0.4, 0.5) is 5.13 Å². The maximum absolute atomic E-state index is 13.9. The van der Waals surface area contributed by atoms with Gasteiger partial charge in [-0.2, -0.15) is 0 Å². The highest BCUT2D eigenvalue weighted by molar-refractivity contribution is 7.13. The first-order chi connectivity index (χ1) is 16.9. The number of halogens is 2. The summed E-state index contributed by atoms with van der Waals surface area (Å²) >= 11 is 14.0. The second-order valence-electron chi connectivity index (χ2n) is 8.71. The van der Waals surface area contributed by atoms with Crippen LogP contribution in [0.25, 0.3) is 0 Å². The van der Waals surface area contributed by atoms with Gasteiger partial charge in [0.15, 0.2) is 5.13 Å². The minimum atomic E-state index is -0.980. The van der Waals surface area contributed by atoms with Gasteiger partial charge in [0, 0.05) is 46.0 Å². The summed E-state index contributed by atoms with van der Waals surface area (Å²) in [5, 5.41) is 16.8. The summed E-state index contributed by atoms with van der Waals surface area (Å²) < 4.78 is 0. The lowest BCUT2D eigenvalue weighted by Gasteiger charge is -2.48. The molecule has 0 unspecified atom stereocenters. The summed E-state index contributed by atoms with van der Waals surface area (Å²) in [5.41, 5.74) is 1.93. The molecule has 9 heteroatoms. The molecule has 2 N–H and O–H groups in total. The molecule has 1 aromatic heterocycles. The Morgan fingerprint density at radius 1 is 1.20 bits per heavy atom. The number of carboxylic acid groups (broad SMARTS) is 1. The summed E-state index contributed by atoms with van der Waals surface area (Å²) in [5.74, 6) is -1.88. The number of hydrogen-bond acceptors (Lipinski definition) is 5. The van der Waals surface area contributed by atoms with Gasteiger partial charge >= 0.3 is 5.97 Å². The van der Waals surface area contributed by atoms with Crippen LogP contribution in [0.1, 0.15) is 49.3 Å². The van der Waals surface area contributed by atoms with Crippen molar-refractivity contribution in [3.8, 4) is 0 Å². The Balaban J connectivity index is 1.79. The number of hydrogen-bond donors (Lipinski definition) is 2. The van der Waals surface area contributed by atoms with E-state index in [0.29, 0.717) is 29.4 Å². The number of likely N-dealkylation sites (tertiary alicyclic amines) is 1. The Morgan fingerprint density at radius 3 is 2.60 bits per heavy atom. The number of thiazole rings is 1. The molecule has 0 bridgehead atoms. The van der Waals surface area contributed by atoms with Crippen molar-refractivity contribution in [2.45, 2.75) is 44.2 Å². The smallest absolute Gasteiger partial charge is 0.304 e.